The molecule has 26 heavy (non-hydrogen) atoms. The Hall–Kier alpha value is -3.75. The Bertz CT molecular complexity index is 1160. The number of nitrogens with one attached hydrogen (secondary N) is 1. The Balaban J connectivity index is 2.07. The Kier molecular flexibility index (Phi) is 3.26. The zero-order valence-corrected chi connectivity index (χ0v) is 13.5. The number of amides is 2. The number of nitrogens with zero attached hydrogens (tertiary/aromatic N) is 3. The van der Waals surface area contributed by atoms with Gasteiger partial charge >= 0.3 is 0 Å². The summed E-state index contributed by atoms with van der Waals surface area (Å²) in [6, 6.07) is 4.86. The summed E-state index contributed by atoms with van der Waals surface area (Å²) in [5.41, 5.74) is 5.75. The summed E-state index contributed by atoms with van der Waals surface area (Å²) in [5, 5.41) is 2.09. The number of halogens is 1. The number of rotatable bonds is 2. The van der Waals surface area contributed by atoms with Gasteiger partial charge in [-0.2, -0.15) is 0 Å². The number of anilines is 1. The average Bonchev–Trinajstić information content (AvgIpc) is 3.11. The van der Waals surface area contributed by atoms with Crippen LogP contribution in [-0.2, 0) is 0 Å². The van der Waals surface area contributed by atoms with Gasteiger partial charge in [0.1, 0.15) is 17.5 Å². The molecule has 8 nitrogen and oxygen atoms in total. The van der Waals surface area contributed by atoms with Gasteiger partial charge in [0.15, 0.2) is 0 Å². The number of nitrogen functional groups attached to an aromatic ring is 1. The molecule has 0 radical (unpaired) electrons. The fourth-order valence-electron chi connectivity index (χ4n) is 3.04. The highest BCUT2D eigenvalue weighted by Gasteiger charge is 2.32. The van der Waals surface area contributed by atoms with Crippen LogP contribution in [0, 0.1) is 12.7 Å². The monoisotopic (exact) mass is 353 g/mol. The maximum absolute atomic E-state index is 13.9. The van der Waals surface area contributed by atoms with Gasteiger partial charge in [-0.15, -0.1) is 0 Å². The van der Waals surface area contributed by atoms with Crippen LogP contribution in [0.4, 0.5) is 10.2 Å². The molecule has 3 N–H and O–H groups in total. The maximum atomic E-state index is 13.9. The minimum atomic E-state index is -0.701. The van der Waals surface area contributed by atoms with Crippen LogP contribution in [-0.4, -0.2) is 25.9 Å². The van der Waals surface area contributed by atoms with Crippen molar-refractivity contribution in [1.29, 1.82) is 0 Å². The largest absolute Gasteiger partial charge is 0.384 e. The van der Waals surface area contributed by atoms with Gasteiger partial charge in [-0.3, -0.25) is 24.3 Å². The Labute approximate surface area is 145 Å². The predicted molar refractivity (Wildman–Crippen MR) is 90.1 cm³/mol. The van der Waals surface area contributed by atoms with Crippen LogP contribution < -0.4 is 16.6 Å². The molecule has 2 amide bonds. The first-order chi connectivity index (χ1) is 12.4. The first kappa shape index (κ1) is 15.8. The number of benzene rings is 1. The highest BCUT2D eigenvalue weighted by Crippen LogP contribution is 2.27. The molecule has 130 valence electrons. The smallest absolute Gasteiger partial charge is 0.262 e. The van der Waals surface area contributed by atoms with Crippen molar-refractivity contribution in [1.82, 2.24) is 19.4 Å². The van der Waals surface area contributed by atoms with Gasteiger partial charge in [-0.05, 0) is 19.1 Å². The Morgan fingerprint density at radius 2 is 1.88 bits per heavy atom. The normalized spacial score (nSPS) is 13.0. The second-order valence-corrected chi connectivity index (χ2v) is 5.75. The second kappa shape index (κ2) is 5.38. The number of pyridine rings is 1. The van der Waals surface area contributed by atoms with Crippen molar-refractivity contribution < 1.29 is 14.0 Å². The van der Waals surface area contributed by atoms with Gasteiger partial charge < -0.3 is 10.3 Å². The molecule has 2 aromatic heterocycles. The van der Waals surface area contributed by atoms with E-state index in [1.54, 1.807) is 23.9 Å². The summed E-state index contributed by atoms with van der Waals surface area (Å²) in [4.78, 5) is 40.5. The molecule has 0 unspecified atom stereocenters. The number of imidazole rings is 1. The van der Waals surface area contributed by atoms with Crippen LogP contribution in [0.15, 0.2) is 41.5 Å². The molecule has 0 spiro atoms. The van der Waals surface area contributed by atoms with Crippen molar-refractivity contribution in [2.24, 2.45) is 0 Å². The van der Waals surface area contributed by atoms with Crippen LogP contribution in [0.3, 0.4) is 0 Å². The molecule has 0 bridgehead atoms. The van der Waals surface area contributed by atoms with E-state index in [1.807, 2.05) is 0 Å². The first-order valence-electron chi connectivity index (χ1n) is 7.60. The van der Waals surface area contributed by atoms with Gasteiger partial charge in [-0.25, -0.2) is 9.37 Å². The summed E-state index contributed by atoms with van der Waals surface area (Å²) in [7, 11) is 0. The van der Waals surface area contributed by atoms with Gasteiger partial charge in [0, 0.05) is 24.5 Å². The third kappa shape index (κ3) is 2.14. The summed E-state index contributed by atoms with van der Waals surface area (Å²) < 4.78 is 16.6. The molecular formula is C17H12FN5O3. The molecule has 9 heteroatoms. The molecule has 4 rings (SSSR count). The van der Waals surface area contributed by atoms with Crippen molar-refractivity contribution in [3.05, 3.63) is 69.8 Å². The number of nitrogens with two attached hydrogens (primary N) is 1. The zero-order chi connectivity index (χ0) is 18.6. The molecular weight excluding hydrogens is 341 g/mol. The minimum absolute atomic E-state index is 0.0921. The maximum Gasteiger partial charge on any atom is 0.262 e. The van der Waals surface area contributed by atoms with Gasteiger partial charge in [0.2, 0.25) is 0 Å². The van der Waals surface area contributed by atoms with E-state index in [4.69, 9.17) is 5.73 Å². The van der Waals surface area contributed by atoms with Gasteiger partial charge in [0.25, 0.3) is 17.4 Å². The topological polar surface area (TPSA) is 112 Å². The molecule has 3 heterocycles. The van der Waals surface area contributed by atoms with E-state index >= 15 is 0 Å². The SMILES string of the molecule is Cc1nccn1-c1ccc(F)cc1-n1c(N)c2c(cc1=O)C(=O)NC2=O. The highest BCUT2D eigenvalue weighted by molar-refractivity contribution is 6.23. The van der Waals surface area contributed by atoms with Crippen LogP contribution in [0.2, 0.25) is 0 Å². The van der Waals surface area contributed by atoms with Crippen molar-refractivity contribution in [2.45, 2.75) is 6.92 Å². The van der Waals surface area contributed by atoms with Gasteiger partial charge in [-0.1, -0.05) is 0 Å². The van der Waals surface area contributed by atoms with Crippen molar-refractivity contribution in [3.8, 4) is 11.4 Å². The fourth-order valence-corrected chi connectivity index (χ4v) is 3.04. The Morgan fingerprint density at radius 1 is 1.12 bits per heavy atom. The molecule has 1 aliphatic heterocycles. The Morgan fingerprint density at radius 3 is 2.58 bits per heavy atom. The number of fused-ring (bicyclic) bond motifs is 1. The lowest BCUT2D eigenvalue weighted by atomic mass is 10.1. The molecule has 0 atom stereocenters. The molecule has 3 aromatic rings. The van der Waals surface area contributed by atoms with E-state index in [0.29, 0.717) is 11.5 Å². The summed E-state index contributed by atoms with van der Waals surface area (Å²) >= 11 is 0. The number of imide groups is 1. The van der Waals surface area contributed by atoms with E-state index in [-0.39, 0.29) is 22.6 Å². The lowest BCUT2D eigenvalue weighted by molar-refractivity contribution is 0.0880. The van der Waals surface area contributed by atoms with Crippen LogP contribution >= 0.6 is 0 Å². The summed E-state index contributed by atoms with van der Waals surface area (Å²) in [5.74, 6) is -1.60. The van der Waals surface area contributed by atoms with E-state index in [0.717, 1.165) is 16.7 Å². The highest BCUT2D eigenvalue weighted by atomic mass is 19.1. The average molecular weight is 353 g/mol. The summed E-state index contributed by atoms with van der Waals surface area (Å²) in [6.45, 7) is 1.74. The van der Waals surface area contributed by atoms with Crippen LogP contribution in [0.25, 0.3) is 11.4 Å². The van der Waals surface area contributed by atoms with Crippen LogP contribution in [0.1, 0.15) is 26.5 Å². The molecule has 0 saturated carbocycles. The molecule has 0 fully saturated rings. The number of carbonyl (C=O) groups excluding carboxylic acids is 2. The number of hydrogen-bond donors (Lipinski definition) is 2. The van der Waals surface area contributed by atoms with Crippen molar-refractivity contribution >= 4 is 17.6 Å². The lowest BCUT2D eigenvalue weighted by Crippen LogP contribution is -2.25. The number of aryl methyl sites for hydroxylation is 1. The second-order valence-electron chi connectivity index (χ2n) is 5.75. The quantitative estimate of drug-likeness (QED) is 0.666. The van der Waals surface area contributed by atoms with Gasteiger partial charge in [0.05, 0.1) is 22.5 Å². The predicted octanol–water partition coefficient (Wildman–Crippen LogP) is 0.937. The third-order valence-electron chi connectivity index (χ3n) is 4.22. The summed E-state index contributed by atoms with van der Waals surface area (Å²) in [6.07, 6.45) is 3.21. The molecule has 1 aliphatic rings. The zero-order valence-electron chi connectivity index (χ0n) is 13.5. The van der Waals surface area contributed by atoms with E-state index < -0.39 is 23.2 Å². The molecule has 0 saturated heterocycles. The number of aromatic nitrogens is 3. The lowest BCUT2D eigenvalue weighted by Gasteiger charge is -2.17. The standard InChI is InChI=1S/C17H12FN5O3/c1-8-20-4-5-22(8)11-3-2-9(18)6-12(11)23-13(24)7-10-14(15(23)19)17(26)21-16(10)25/h2-7H,19H2,1H3,(H,21,25,26). The fraction of sp³-hybridized carbons (Fsp3) is 0.0588. The van der Waals surface area contributed by atoms with E-state index in [9.17, 15) is 18.8 Å². The first-order valence-corrected chi connectivity index (χ1v) is 7.60. The number of hydrogen-bond acceptors (Lipinski definition) is 5. The van der Waals surface area contributed by atoms with E-state index in [2.05, 4.69) is 10.3 Å². The van der Waals surface area contributed by atoms with Crippen molar-refractivity contribution in [3.63, 3.8) is 0 Å². The number of carbonyl (C=O) groups is 2. The van der Waals surface area contributed by atoms with E-state index in [1.165, 1.54) is 12.1 Å². The van der Waals surface area contributed by atoms with Crippen molar-refractivity contribution in [2.75, 3.05) is 5.73 Å². The molecule has 1 aromatic carbocycles. The minimum Gasteiger partial charge on any atom is -0.384 e. The molecule has 0 aliphatic carbocycles. The van der Waals surface area contributed by atoms with Crippen LogP contribution in [0.5, 0.6) is 0 Å². The third-order valence-corrected chi connectivity index (χ3v) is 4.22.